The largest absolute Gasteiger partial charge is 0.299 e. The third-order valence-corrected chi connectivity index (χ3v) is 5.16. The van der Waals surface area contributed by atoms with Gasteiger partial charge in [0.15, 0.2) is 0 Å². The lowest BCUT2D eigenvalue weighted by atomic mass is 10.0. The van der Waals surface area contributed by atoms with Crippen molar-refractivity contribution in [1.29, 1.82) is 0 Å². The quantitative estimate of drug-likeness (QED) is 0.830. The molecule has 2 fully saturated rings. The van der Waals surface area contributed by atoms with Crippen molar-refractivity contribution in [3.63, 3.8) is 0 Å². The van der Waals surface area contributed by atoms with Crippen LogP contribution in [0.1, 0.15) is 24.8 Å². The first-order valence-corrected chi connectivity index (χ1v) is 8.33. The van der Waals surface area contributed by atoms with E-state index in [0.717, 1.165) is 12.6 Å². The van der Waals surface area contributed by atoms with Gasteiger partial charge in [-0.25, -0.2) is 0 Å². The minimum absolute atomic E-state index is 0.808. The summed E-state index contributed by atoms with van der Waals surface area (Å²) in [6.07, 6.45) is 4.11. The highest BCUT2D eigenvalue weighted by atomic mass is 15.3. The van der Waals surface area contributed by atoms with Crippen LogP contribution in [0, 0.1) is 0 Å². The molecule has 0 bridgehead atoms. The predicted octanol–water partition coefficient (Wildman–Crippen LogP) is 3.51. The molecule has 0 aliphatic carbocycles. The number of hydrogen-bond donors (Lipinski definition) is 0. The van der Waals surface area contributed by atoms with Crippen LogP contribution in [-0.2, 0) is 6.54 Å². The molecule has 0 unspecified atom stereocenters. The fourth-order valence-corrected chi connectivity index (χ4v) is 4.10. The third kappa shape index (κ3) is 2.70. The Bertz CT molecular complexity index is 616. The van der Waals surface area contributed by atoms with Crippen LogP contribution in [0.3, 0.4) is 0 Å². The fraction of sp³-hybridized carbons (Fsp3) is 0.474. The second kappa shape index (κ2) is 5.78. The Morgan fingerprint density at radius 1 is 0.905 bits per heavy atom. The van der Waals surface area contributed by atoms with Crippen LogP contribution in [0.4, 0.5) is 0 Å². The smallest absolute Gasteiger partial charge is 0.0240 e. The molecule has 2 heterocycles. The highest BCUT2D eigenvalue weighted by molar-refractivity contribution is 5.85. The van der Waals surface area contributed by atoms with Gasteiger partial charge in [0.25, 0.3) is 0 Å². The first-order valence-electron chi connectivity index (χ1n) is 8.33. The van der Waals surface area contributed by atoms with Crippen molar-refractivity contribution in [3.8, 4) is 0 Å². The number of nitrogens with zero attached hydrogens (tertiary/aromatic N) is 2. The summed E-state index contributed by atoms with van der Waals surface area (Å²) in [4.78, 5) is 5.39. The Morgan fingerprint density at radius 3 is 2.76 bits per heavy atom. The van der Waals surface area contributed by atoms with Crippen molar-refractivity contribution < 1.29 is 0 Å². The summed E-state index contributed by atoms with van der Waals surface area (Å²) in [5, 5.41) is 2.79. The first-order chi connectivity index (χ1) is 10.4. The number of hydrogen-bond acceptors (Lipinski definition) is 2. The molecule has 2 aliphatic rings. The van der Waals surface area contributed by atoms with E-state index in [4.69, 9.17) is 0 Å². The van der Waals surface area contributed by atoms with E-state index in [1.807, 2.05) is 0 Å². The Hall–Kier alpha value is -1.38. The van der Waals surface area contributed by atoms with E-state index in [1.54, 1.807) is 0 Å². The van der Waals surface area contributed by atoms with Gasteiger partial charge in [-0.05, 0) is 55.2 Å². The molecule has 0 spiro atoms. The molecule has 2 aromatic carbocycles. The lowest BCUT2D eigenvalue weighted by molar-refractivity contribution is 0.216. The predicted molar refractivity (Wildman–Crippen MR) is 88.4 cm³/mol. The Balaban J connectivity index is 1.56. The number of benzene rings is 2. The van der Waals surface area contributed by atoms with Crippen LogP contribution in [0.25, 0.3) is 10.8 Å². The molecule has 0 saturated carbocycles. The van der Waals surface area contributed by atoms with E-state index >= 15 is 0 Å². The Morgan fingerprint density at radius 2 is 1.76 bits per heavy atom. The van der Waals surface area contributed by atoms with Crippen LogP contribution in [0.5, 0.6) is 0 Å². The molecular formula is C19H24N2. The van der Waals surface area contributed by atoms with Crippen molar-refractivity contribution in [1.82, 2.24) is 9.80 Å². The van der Waals surface area contributed by atoms with Crippen molar-refractivity contribution in [2.24, 2.45) is 0 Å². The lowest BCUT2D eigenvalue weighted by Crippen LogP contribution is -2.36. The first kappa shape index (κ1) is 13.3. The summed E-state index contributed by atoms with van der Waals surface area (Å²) in [6.45, 7) is 6.23. The Labute approximate surface area is 127 Å². The molecule has 0 radical (unpaired) electrons. The lowest BCUT2D eigenvalue weighted by Gasteiger charge is -2.26. The molecule has 4 rings (SSSR count). The minimum Gasteiger partial charge on any atom is -0.299 e. The topological polar surface area (TPSA) is 6.48 Å². The molecule has 2 saturated heterocycles. The fourth-order valence-electron chi connectivity index (χ4n) is 4.10. The van der Waals surface area contributed by atoms with E-state index in [2.05, 4.69) is 52.3 Å². The summed E-state index contributed by atoms with van der Waals surface area (Å²) in [5.74, 6) is 0. The van der Waals surface area contributed by atoms with Crippen LogP contribution in [0.15, 0.2) is 42.5 Å². The molecule has 0 aromatic heterocycles. The maximum atomic E-state index is 2.71. The Kier molecular flexibility index (Phi) is 3.66. The minimum atomic E-state index is 0.808. The summed E-state index contributed by atoms with van der Waals surface area (Å²) in [5.41, 5.74) is 1.49. The van der Waals surface area contributed by atoms with Gasteiger partial charge < -0.3 is 0 Å². The second-order valence-electron chi connectivity index (χ2n) is 6.56. The maximum absolute atomic E-state index is 2.71. The van der Waals surface area contributed by atoms with E-state index in [0.29, 0.717) is 0 Å². The summed E-state index contributed by atoms with van der Waals surface area (Å²) in [6, 6.07) is 16.3. The van der Waals surface area contributed by atoms with Gasteiger partial charge in [0, 0.05) is 19.1 Å². The van der Waals surface area contributed by atoms with Crippen LogP contribution >= 0.6 is 0 Å². The van der Waals surface area contributed by atoms with Gasteiger partial charge in [0.05, 0.1) is 0 Å². The van der Waals surface area contributed by atoms with E-state index < -0.39 is 0 Å². The van der Waals surface area contributed by atoms with Gasteiger partial charge in [0.2, 0.25) is 0 Å². The van der Waals surface area contributed by atoms with Gasteiger partial charge in [-0.1, -0.05) is 42.5 Å². The molecule has 21 heavy (non-hydrogen) atoms. The molecule has 2 heteroatoms. The van der Waals surface area contributed by atoms with Gasteiger partial charge in [-0.2, -0.15) is 0 Å². The summed E-state index contributed by atoms with van der Waals surface area (Å²) >= 11 is 0. The molecule has 1 atom stereocenters. The van der Waals surface area contributed by atoms with Crippen molar-refractivity contribution >= 4 is 10.8 Å². The summed E-state index contributed by atoms with van der Waals surface area (Å²) in [7, 11) is 0. The maximum Gasteiger partial charge on any atom is 0.0240 e. The van der Waals surface area contributed by atoms with E-state index in [9.17, 15) is 0 Å². The van der Waals surface area contributed by atoms with Crippen LogP contribution < -0.4 is 0 Å². The molecule has 0 N–H and O–H groups in total. The van der Waals surface area contributed by atoms with Crippen molar-refractivity contribution in [2.75, 3.05) is 26.2 Å². The average molecular weight is 280 g/mol. The monoisotopic (exact) mass is 280 g/mol. The standard InChI is InChI=1S/C19H24N2/c1-2-10-19-16(6-1)7-3-8-17(19)14-20-11-5-13-21-12-4-9-18(21)15-20/h1-3,6-8,10,18H,4-5,9,11-15H2/t18-/m0/s1. The van der Waals surface area contributed by atoms with Gasteiger partial charge in [0.1, 0.15) is 0 Å². The molecule has 0 amide bonds. The van der Waals surface area contributed by atoms with E-state index in [-0.39, 0.29) is 0 Å². The summed E-state index contributed by atoms with van der Waals surface area (Å²) < 4.78 is 0. The molecule has 2 aliphatic heterocycles. The normalized spacial score (nSPS) is 24.1. The average Bonchev–Trinajstić information content (AvgIpc) is 2.86. The zero-order valence-electron chi connectivity index (χ0n) is 12.7. The van der Waals surface area contributed by atoms with Crippen molar-refractivity contribution in [3.05, 3.63) is 48.0 Å². The molecule has 2 nitrogen and oxygen atoms in total. The zero-order chi connectivity index (χ0) is 14.1. The van der Waals surface area contributed by atoms with E-state index in [1.165, 1.54) is 61.8 Å². The highest BCUT2D eigenvalue weighted by Crippen LogP contribution is 2.24. The van der Waals surface area contributed by atoms with Gasteiger partial charge >= 0.3 is 0 Å². The third-order valence-electron chi connectivity index (χ3n) is 5.16. The van der Waals surface area contributed by atoms with Crippen LogP contribution in [0.2, 0.25) is 0 Å². The zero-order valence-corrected chi connectivity index (χ0v) is 12.7. The van der Waals surface area contributed by atoms with Gasteiger partial charge in [-0.15, -0.1) is 0 Å². The number of fused-ring (bicyclic) bond motifs is 2. The SMILES string of the molecule is c1ccc2c(CN3CCCN4CCC[C@H]4C3)cccc2c1. The van der Waals surface area contributed by atoms with Crippen molar-refractivity contribution in [2.45, 2.75) is 31.8 Å². The second-order valence-corrected chi connectivity index (χ2v) is 6.56. The molecular weight excluding hydrogens is 256 g/mol. The highest BCUT2D eigenvalue weighted by Gasteiger charge is 2.28. The molecule has 110 valence electrons. The van der Waals surface area contributed by atoms with Crippen LogP contribution in [-0.4, -0.2) is 42.0 Å². The molecule has 2 aromatic rings. The van der Waals surface area contributed by atoms with Gasteiger partial charge in [-0.3, -0.25) is 9.80 Å². The number of rotatable bonds is 2.